The minimum Gasteiger partial charge on any atom is -0.497 e. The average Bonchev–Trinajstić information content (AvgIpc) is 3.31. The van der Waals surface area contributed by atoms with Gasteiger partial charge in [0.2, 0.25) is 5.91 Å². The van der Waals surface area contributed by atoms with Crippen molar-refractivity contribution in [2.75, 3.05) is 33.3 Å². The van der Waals surface area contributed by atoms with E-state index in [1.165, 1.54) is 0 Å². The van der Waals surface area contributed by atoms with Crippen LogP contribution < -0.4 is 15.4 Å². The first kappa shape index (κ1) is 23.2. The Hall–Kier alpha value is -4.01. The van der Waals surface area contributed by atoms with E-state index in [9.17, 15) is 14.4 Å². The molecule has 1 aliphatic heterocycles. The van der Waals surface area contributed by atoms with E-state index in [-0.39, 0.29) is 17.8 Å². The quantitative estimate of drug-likeness (QED) is 0.522. The number of aromatic amines is 1. The average molecular weight is 464 g/mol. The first-order valence-electron chi connectivity index (χ1n) is 11.3. The van der Waals surface area contributed by atoms with Gasteiger partial charge in [0.25, 0.3) is 5.91 Å². The summed E-state index contributed by atoms with van der Waals surface area (Å²) in [5.41, 5.74) is 2.46. The zero-order chi connectivity index (χ0) is 24.1. The van der Waals surface area contributed by atoms with Crippen molar-refractivity contribution >= 4 is 28.7 Å². The number of nitrogens with zero attached hydrogens (tertiary/aromatic N) is 2. The van der Waals surface area contributed by atoms with Crippen LogP contribution in [0.2, 0.25) is 0 Å². The SMILES string of the molecule is COc1cccc(CNC(=O)[C@H](C)NC(=O)N2CCN(C(=O)c3c[nH]c4ccccc34)CC2)c1. The molecule has 2 aromatic carbocycles. The highest BCUT2D eigenvalue weighted by Crippen LogP contribution is 2.20. The number of hydrogen-bond acceptors (Lipinski definition) is 4. The molecule has 9 nitrogen and oxygen atoms in total. The fourth-order valence-corrected chi connectivity index (χ4v) is 4.00. The lowest BCUT2D eigenvalue weighted by molar-refractivity contribution is -0.122. The summed E-state index contributed by atoms with van der Waals surface area (Å²) in [6.07, 6.45) is 1.73. The second kappa shape index (κ2) is 10.3. The van der Waals surface area contributed by atoms with E-state index >= 15 is 0 Å². The molecular formula is C25H29N5O4. The third-order valence-electron chi connectivity index (χ3n) is 6.01. The van der Waals surface area contributed by atoms with Gasteiger partial charge in [0.15, 0.2) is 0 Å². The number of H-pyrrole nitrogens is 1. The Morgan fingerprint density at radius 3 is 2.53 bits per heavy atom. The number of ether oxygens (including phenoxy) is 1. The molecule has 0 bridgehead atoms. The van der Waals surface area contributed by atoms with Crippen LogP contribution in [0.1, 0.15) is 22.8 Å². The number of rotatable bonds is 6. The van der Waals surface area contributed by atoms with Gasteiger partial charge in [0.1, 0.15) is 11.8 Å². The maximum Gasteiger partial charge on any atom is 0.318 e. The Bertz CT molecular complexity index is 1180. The molecular weight excluding hydrogens is 434 g/mol. The van der Waals surface area contributed by atoms with Gasteiger partial charge in [-0.15, -0.1) is 0 Å². The summed E-state index contributed by atoms with van der Waals surface area (Å²) >= 11 is 0. The van der Waals surface area contributed by atoms with E-state index in [0.717, 1.165) is 22.2 Å². The molecule has 4 rings (SSSR count). The summed E-state index contributed by atoms with van der Waals surface area (Å²) < 4.78 is 5.19. The Labute approximate surface area is 198 Å². The number of carbonyl (C=O) groups is 3. The highest BCUT2D eigenvalue weighted by molar-refractivity contribution is 6.06. The van der Waals surface area contributed by atoms with Crippen LogP contribution in [0.4, 0.5) is 4.79 Å². The predicted molar refractivity (Wildman–Crippen MR) is 129 cm³/mol. The molecule has 1 saturated heterocycles. The van der Waals surface area contributed by atoms with Crippen molar-refractivity contribution in [1.29, 1.82) is 0 Å². The molecule has 3 N–H and O–H groups in total. The maximum absolute atomic E-state index is 13.0. The number of benzene rings is 2. The normalized spacial score (nSPS) is 14.5. The zero-order valence-electron chi connectivity index (χ0n) is 19.3. The number of amides is 4. The van der Waals surface area contributed by atoms with Gasteiger partial charge in [-0.2, -0.15) is 0 Å². The van der Waals surface area contributed by atoms with Crippen LogP contribution in [-0.2, 0) is 11.3 Å². The topological polar surface area (TPSA) is 107 Å². The monoisotopic (exact) mass is 463 g/mol. The van der Waals surface area contributed by atoms with Crippen molar-refractivity contribution in [3.63, 3.8) is 0 Å². The largest absolute Gasteiger partial charge is 0.497 e. The van der Waals surface area contributed by atoms with Gasteiger partial charge in [-0.3, -0.25) is 9.59 Å². The van der Waals surface area contributed by atoms with Crippen LogP contribution in [0.3, 0.4) is 0 Å². The van der Waals surface area contributed by atoms with Crippen molar-refractivity contribution in [2.45, 2.75) is 19.5 Å². The van der Waals surface area contributed by atoms with Crippen LogP contribution in [0, 0.1) is 0 Å². The summed E-state index contributed by atoms with van der Waals surface area (Å²) in [7, 11) is 1.59. The van der Waals surface area contributed by atoms with Gasteiger partial charge in [-0.05, 0) is 30.7 Å². The molecule has 34 heavy (non-hydrogen) atoms. The molecule has 9 heteroatoms. The molecule has 1 aromatic heterocycles. The molecule has 0 unspecified atom stereocenters. The van der Waals surface area contributed by atoms with Crippen LogP contribution in [0.25, 0.3) is 10.9 Å². The van der Waals surface area contributed by atoms with Crippen LogP contribution in [-0.4, -0.2) is 72.0 Å². The second-order valence-electron chi connectivity index (χ2n) is 8.27. The van der Waals surface area contributed by atoms with Crippen molar-refractivity contribution in [1.82, 2.24) is 25.4 Å². The Balaban J connectivity index is 1.25. The molecule has 0 saturated carbocycles. The van der Waals surface area contributed by atoms with E-state index in [2.05, 4.69) is 15.6 Å². The lowest BCUT2D eigenvalue weighted by Gasteiger charge is -2.35. The summed E-state index contributed by atoms with van der Waals surface area (Å²) in [5, 5.41) is 6.46. The number of nitrogens with one attached hydrogen (secondary N) is 3. The first-order chi connectivity index (χ1) is 16.5. The minimum atomic E-state index is -0.691. The van der Waals surface area contributed by atoms with E-state index in [1.807, 2.05) is 48.5 Å². The molecule has 2 heterocycles. The van der Waals surface area contributed by atoms with Gasteiger partial charge < -0.3 is 30.2 Å². The number of urea groups is 1. The molecule has 0 aliphatic carbocycles. The van der Waals surface area contributed by atoms with Crippen molar-refractivity contribution in [3.8, 4) is 5.75 Å². The summed E-state index contributed by atoms with van der Waals surface area (Å²) in [4.78, 5) is 44.6. The van der Waals surface area contributed by atoms with E-state index in [0.29, 0.717) is 38.3 Å². The van der Waals surface area contributed by atoms with E-state index in [1.54, 1.807) is 30.0 Å². The third kappa shape index (κ3) is 5.14. The number of aromatic nitrogens is 1. The van der Waals surface area contributed by atoms with Gasteiger partial charge in [-0.25, -0.2) is 4.79 Å². The molecule has 0 spiro atoms. The molecule has 1 aliphatic rings. The highest BCUT2D eigenvalue weighted by atomic mass is 16.5. The number of hydrogen-bond donors (Lipinski definition) is 3. The molecule has 178 valence electrons. The van der Waals surface area contributed by atoms with Crippen molar-refractivity contribution in [3.05, 3.63) is 65.9 Å². The smallest absolute Gasteiger partial charge is 0.318 e. The lowest BCUT2D eigenvalue weighted by Crippen LogP contribution is -2.56. The maximum atomic E-state index is 13.0. The second-order valence-corrected chi connectivity index (χ2v) is 8.27. The molecule has 1 atom stereocenters. The fraction of sp³-hybridized carbons (Fsp3) is 0.320. The number of para-hydroxylation sites is 1. The van der Waals surface area contributed by atoms with Crippen LogP contribution in [0.15, 0.2) is 54.7 Å². The van der Waals surface area contributed by atoms with Crippen LogP contribution >= 0.6 is 0 Å². The fourth-order valence-electron chi connectivity index (χ4n) is 4.00. The molecule has 1 fully saturated rings. The zero-order valence-corrected chi connectivity index (χ0v) is 19.3. The Morgan fingerprint density at radius 2 is 1.76 bits per heavy atom. The Kier molecular flexibility index (Phi) is 7.01. The standard InChI is InChI=1S/C25H29N5O4/c1-17(23(31)27-15-18-6-5-7-19(14-18)34-2)28-25(33)30-12-10-29(11-13-30)24(32)21-16-26-22-9-4-3-8-20(21)22/h3-9,14,16-17,26H,10-13,15H2,1-2H3,(H,27,31)(H,28,33)/t17-/m0/s1. The third-order valence-corrected chi connectivity index (χ3v) is 6.01. The summed E-state index contributed by atoms with van der Waals surface area (Å²) in [6.45, 7) is 3.65. The Morgan fingerprint density at radius 1 is 1.03 bits per heavy atom. The summed E-state index contributed by atoms with van der Waals surface area (Å²) in [5.74, 6) is 0.391. The van der Waals surface area contributed by atoms with E-state index in [4.69, 9.17) is 4.74 Å². The highest BCUT2D eigenvalue weighted by Gasteiger charge is 2.27. The lowest BCUT2D eigenvalue weighted by atomic mass is 10.1. The number of carbonyl (C=O) groups excluding carboxylic acids is 3. The van der Waals surface area contributed by atoms with Gasteiger partial charge in [0, 0.05) is 49.8 Å². The van der Waals surface area contributed by atoms with Gasteiger partial charge >= 0.3 is 6.03 Å². The molecule has 0 radical (unpaired) electrons. The number of methoxy groups -OCH3 is 1. The van der Waals surface area contributed by atoms with Gasteiger partial charge in [0.05, 0.1) is 12.7 Å². The van der Waals surface area contributed by atoms with Crippen molar-refractivity contribution in [2.24, 2.45) is 0 Å². The minimum absolute atomic E-state index is 0.0530. The van der Waals surface area contributed by atoms with E-state index < -0.39 is 6.04 Å². The number of fused-ring (bicyclic) bond motifs is 1. The predicted octanol–water partition coefficient (Wildman–Crippen LogP) is 2.35. The number of piperazine rings is 1. The van der Waals surface area contributed by atoms with Crippen LogP contribution in [0.5, 0.6) is 5.75 Å². The first-order valence-corrected chi connectivity index (χ1v) is 11.3. The molecule has 4 amide bonds. The summed E-state index contributed by atoms with van der Waals surface area (Å²) in [6, 6.07) is 14.1. The van der Waals surface area contributed by atoms with Crippen molar-refractivity contribution < 1.29 is 19.1 Å². The van der Waals surface area contributed by atoms with Gasteiger partial charge in [-0.1, -0.05) is 30.3 Å². The molecule has 3 aromatic rings.